The van der Waals surface area contributed by atoms with Gasteiger partial charge >= 0.3 is 0 Å². The van der Waals surface area contributed by atoms with E-state index in [9.17, 15) is 13.2 Å². The molecule has 5 nitrogen and oxygen atoms in total. The van der Waals surface area contributed by atoms with E-state index in [0.29, 0.717) is 17.5 Å². The monoisotopic (exact) mass is 310 g/mol. The summed E-state index contributed by atoms with van der Waals surface area (Å²) in [6.07, 6.45) is 1.72. The fourth-order valence-electron chi connectivity index (χ4n) is 2.71. The zero-order valence-electron chi connectivity index (χ0n) is 12.5. The highest BCUT2D eigenvalue weighted by atomic mass is 32.2. The summed E-state index contributed by atoms with van der Waals surface area (Å²) < 4.78 is 23.6. The molecule has 2 atom stereocenters. The fourth-order valence-corrected chi connectivity index (χ4v) is 3.59. The Morgan fingerprint density at radius 2 is 1.90 bits per heavy atom. The summed E-state index contributed by atoms with van der Waals surface area (Å²) in [5.41, 5.74) is 6.34. The number of anilines is 1. The molecule has 1 aliphatic heterocycles. The van der Waals surface area contributed by atoms with Gasteiger partial charge < -0.3 is 10.6 Å². The number of amides is 1. The van der Waals surface area contributed by atoms with Crippen LogP contribution >= 0.6 is 0 Å². The topological polar surface area (TPSA) is 80.5 Å². The van der Waals surface area contributed by atoms with Crippen LogP contribution in [-0.4, -0.2) is 32.7 Å². The molecule has 0 bridgehead atoms. The van der Waals surface area contributed by atoms with Crippen LogP contribution in [0.4, 0.5) is 5.69 Å². The molecule has 0 aliphatic carbocycles. The number of hydrogen-bond acceptors (Lipinski definition) is 4. The number of primary amides is 1. The number of rotatable bonds is 4. The first kappa shape index (κ1) is 15.8. The number of carbonyl (C=O) groups excluding carboxylic acids is 1. The van der Waals surface area contributed by atoms with Gasteiger partial charge in [-0.3, -0.25) is 4.79 Å². The van der Waals surface area contributed by atoms with Crippen molar-refractivity contribution < 1.29 is 13.2 Å². The Morgan fingerprint density at radius 1 is 1.29 bits per heavy atom. The number of carbonyl (C=O) groups is 1. The van der Waals surface area contributed by atoms with Gasteiger partial charge in [-0.15, -0.1) is 0 Å². The first-order chi connectivity index (χ1) is 9.85. The molecule has 21 heavy (non-hydrogen) atoms. The van der Waals surface area contributed by atoms with Crippen LogP contribution in [0.5, 0.6) is 0 Å². The van der Waals surface area contributed by atoms with Gasteiger partial charge in [0.05, 0.1) is 16.6 Å². The van der Waals surface area contributed by atoms with E-state index in [2.05, 4.69) is 11.8 Å². The molecule has 1 saturated heterocycles. The van der Waals surface area contributed by atoms with Crippen molar-refractivity contribution in [3.8, 4) is 0 Å². The van der Waals surface area contributed by atoms with Crippen LogP contribution in [0.2, 0.25) is 0 Å². The van der Waals surface area contributed by atoms with E-state index >= 15 is 0 Å². The summed E-state index contributed by atoms with van der Waals surface area (Å²) >= 11 is 0. The normalized spacial score (nSPS) is 23.0. The van der Waals surface area contributed by atoms with Crippen LogP contribution in [-0.2, 0) is 14.6 Å². The molecule has 1 aromatic carbocycles. The van der Waals surface area contributed by atoms with Gasteiger partial charge in [0.2, 0.25) is 5.91 Å². The summed E-state index contributed by atoms with van der Waals surface area (Å²) in [5.74, 6) is -0.312. The van der Waals surface area contributed by atoms with E-state index in [1.165, 1.54) is 0 Å². The molecular weight excluding hydrogens is 288 g/mol. The Balaban J connectivity index is 2.23. The Hall–Kier alpha value is -1.56. The van der Waals surface area contributed by atoms with E-state index in [1.54, 1.807) is 19.1 Å². The summed E-state index contributed by atoms with van der Waals surface area (Å²) in [4.78, 5) is 13.8. The first-order valence-corrected chi connectivity index (χ1v) is 8.89. The molecule has 116 valence electrons. The molecule has 0 radical (unpaired) electrons. The van der Waals surface area contributed by atoms with Crippen molar-refractivity contribution >= 4 is 21.4 Å². The Morgan fingerprint density at radius 3 is 2.43 bits per heavy atom. The lowest BCUT2D eigenvalue weighted by Gasteiger charge is -2.38. The second kappa shape index (κ2) is 6.05. The summed E-state index contributed by atoms with van der Waals surface area (Å²) in [6, 6.07) is 7.20. The zero-order chi connectivity index (χ0) is 15.6. The van der Waals surface area contributed by atoms with Gasteiger partial charge in [0.1, 0.15) is 0 Å². The molecule has 1 heterocycles. The van der Waals surface area contributed by atoms with Gasteiger partial charge in [-0.1, -0.05) is 6.92 Å². The van der Waals surface area contributed by atoms with Gasteiger partial charge in [-0.25, -0.2) is 8.42 Å². The average molecular weight is 310 g/mol. The van der Waals surface area contributed by atoms with Crippen LogP contribution in [0.1, 0.15) is 26.7 Å². The number of nitrogens with two attached hydrogens (primary N) is 1. The Labute approximate surface area is 126 Å². The van der Waals surface area contributed by atoms with E-state index in [-0.39, 0.29) is 17.6 Å². The average Bonchev–Trinajstić information content (AvgIpc) is 2.47. The minimum absolute atomic E-state index is 0.0935. The maximum absolute atomic E-state index is 11.8. The molecule has 0 aromatic heterocycles. The van der Waals surface area contributed by atoms with Crippen molar-refractivity contribution in [2.24, 2.45) is 11.7 Å². The minimum atomic E-state index is -3.18. The molecule has 1 aliphatic rings. The molecule has 1 aromatic rings. The van der Waals surface area contributed by atoms with Crippen LogP contribution in [0.25, 0.3) is 0 Å². The smallest absolute Gasteiger partial charge is 0.222 e. The second-order valence-electron chi connectivity index (χ2n) is 5.58. The third kappa shape index (κ3) is 3.37. The Bertz CT molecular complexity index is 610. The third-order valence-electron chi connectivity index (χ3n) is 4.19. The molecule has 2 N–H and O–H groups in total. The zero-order valence-corrected chi connectivity index (χ0v) is 13.3. The lowest BCUT2D eigenvalue weighted by Crippen LogP contribution is -2.45. The third-order valence-corrected chi connectivity index (χ3v) is 5.94. The van der Waals surface area contributed by atoms with E-state index in [4.69, 9.17) is 5.73 Å². The van der Waals surface area contributed by atoms with E-state index in [0.717, 1.165) is 18.5 Å². The molecule has 0 unspecified atom stereocenters. The highest BCUT2D eigenvalue weighted by molar-refractivity contribution is 7.91. The van der Waals surface area contributed by atoms with Crippen molar-refractivity contribution in [1.82, 2.24) is 0 Å². The van der Waals surface area contributed by atoms with Gasteiger partial charge in [-0.05, 0) is 44.0 Å². The lowest BCUT2D eigenvalue weighted by molar-refractivity contribution is -0.122. The molecular formula is C15H22N2O3S. The predicted molar refractivity (Wildman–Crippen MR) is 82.9 cm³/mol. The van der Waals surface area contributed by atoms with Crippen molar-refractivity contribution in [3.05, 3.63) is 24.3 Å². The highest BCUT2D eigenvalue weighted by Crippen LogP contribution is 2.28. The summed E-state index contributed by atoms with van der Waals surface area (Å²) in [5, 5.41) is 0. The standard InChI is InChI=1S/C15H22N2O3S/c1-3-21(19,20)14-8-6-13(7-9-14)17-10-12(15(16)18)5-4-11(17)2/h6-9,11-12H,3-5,10H2,1-2H3,(H2,16,18)/t11-,12+/m1/s1. The fraction of sp³-hybridized carbons (Fsp3) is 0.533. The van der Waals surface area contributed by atoms with Crippen molar-refractivity contribution in [1.29, 1.82) is 0 Å². The summed E-state index contributed by atoms with van der Waals surface area (Å²) in [7, 11) is -3.18. The number of nitrogens with zero attached hydrogens (tertiary/aromatic N) is 1. The van der Waals surface area contributed by atoms with Crippen LogP contribution < -0.4 is 10.6 Å². The Kier molecular flexibility index (Phi) is 4.56. The molecule has 0 saturated carbocycles. The van der Waals surface area contributed by atoms with Crippen LogP contribution in [0, 0.1) is 5.92 Å². The molecule has 0 spiro atoms. The number of hydrogen-bond donors (Lipinski definition) is 1. The first-order valence-electron chi connectivity index (χ1n) is 7.24. The van der Waals surface area contributed by atoms with Gasteiger partial charge in [0.15, 0.2) is 9.84 Å². The number of piperidine rings is 1. The predicted octanol–water partition coefficient (Wildman–Crippen LogP) is 1.57. The van der Waals surface area contributed by atoms with Crippen LogP contribution in [0.3, 0.4) is 0 Å². The number of benzene rings is 1. The molecule has 2 rings (SSSR count). The van der Waals surface area contributed by atoms with Gasteiger partial charge in [0, 0.05) is 18.3 Å². The SMILES string of the molecule is CCS(=O)(=O)c1ccc(N2C[C@@H](C(N)=O)CC[C@H]2C)cc1. The highest BCUT2D eigenvalue weighted by Gasteiger charge is 2.28. The van der Waals surface area contributed by atoms with E-state index in [1.807, 2.05) is 12.1 Å². The van der Waals surface area contributed by atoms with E-state index < -0.39 is 9.84 Å². The van der Waals surface area contributed by atoms with Crippen molar-refractivity contribution in [3.63, 3.8) is 0 Å². The molecule has 1 fully saturated rings. The molecule has 1 amide bonds. The van der Waals surface area contributed by atoms with Gasteiger partial charge in [0.25, 0.3) is 0 Å². The second-order valence-corrected chi connectivity index (χ2v) is 7.85. The quantitative estimate of drug-likeness (QED) is 0.915. The largest absolute Gasteiger partial charge is 0.369 e. The maximum atomic E-state index is 11.8. The molecule has 6 heteroatoms. The lowest BCUT2D eigenvalue weighted by atomic mass is 9.92. The van der Waals surface area contributed by atoms with Crippen molar-refractivity contribution in [2.45, 2.75) is 37.6 Å². The van der Waals surface area contributed by atoms with Crippen LogP contribution in [0.15, 0.2) is 29.2 Å². The van der Waals surface area contributed by atoms with Crippen molar-refractivity contribution in [2.75, 3.05) is 17.2 Å². The summed E-state index contributed by atoms with van der Waals surface area (Å²) in [6.45, 7) is 4.33. The number of sulfone groups is 1. The maximum Gasteiger partial charge on any atom is 0.222 e. The minimum Gasteiger partial charge on any atom is -0.369 e. The van der Waals surface area contributed by atoms with Gasteiger partial charge in [-0.2, -0.15) is 0 Å².